The molecule has 5 heteroatoms. The van der Waals surface area contributed by atoms with Gasteiger partial charge in [0.15, 0.2) is 0 Å². The monoisotopic (exact) mass is 349 g/mol. The van der Waals surface area contributed by atoms with Crippen LogP contribution < -0.4 is 4.74 Å². The van der Waals surface area contributed by atoms with Gasteiger partial charge in [0.05, 0.1) is 11.5 Å². The summed E-state index contributed by atoms with van der Waals surface area (Å²) in [7, 11) is 0. The molecule has 0 N–H and O–H groups in total. The van der Waals surface area contributed by atoms with Crippen molar-refractivity contribution in [3.63, 3.8) is 0 Å². The van der Waals surface area contributed by atoms with E-state index in [2.05, 4.69) is 13.8 Å². The van der Waals surface area contributed by atoms with Crippen molar-refractivity contribution < 1.29 is 9.53 Å². The Kier molecular flexibility index (Phi) is 6.25. The second-order valence-corrected chi connectivity index (χ2v) is 7.92. The highest BCUT2D eigenvalue weighted by atomic mass is 32.2. The highest BCUT2D eigenvalue weighted by molar-refractivity contribution is 8.26. The van der Waals surface area contributed by atoms with Crippen molar-refractivity contribution in [3.8, 4) is 5.75 Å². The fraction of sp³-hybridized carbons (Fsp3) is 0.444. The number of benzene rings is 1. The van der Waals surface area contributed by atoms with Gasteiger partial charge in [-0.15, -0.1) is 0 Å². The first-order valence-corrected chi connectivity index (χ1v) is 9.11. The van der Waals surface area contributed by atoms with E-state index in [0.717, 1.165) is 24.3 Å². The predicted octanol–water partition coefficient (Wildman–Crippen LogP) is 4.72. The van der Waals surface area contributed by atoms with Crippen LogP contribution in [-0.4, -0.2) is 27.8 Å². The summed E-state index contributed by atoms with van der Waals surface area (Å²) in [6.45, 7) is 9.03. The average molecular weight is 350 g/mol. The largest absolute Gasteiger partial charge is 0.494 e. The molecular weight excluding hydrogens is 326 g/mol. The lowest BCUT2D eigenvalue weighted by molar-refractivity contribution is -0.123. The van der Waals surface area contributed by atoms with Crippen LogP contribution in [0.3, 0.4) is 0 Å². The summed E-state index contributed by atoms with van der Waals surface area (Å²) in [6, 6.07) is 7.90. The molecule has 1 fully saturated rings. The van der Waals surface area contributed by atoms with E-state index in [9.17, 15) is 4.79 Å². The van der Waals surface area contributed by atoms with Crippen LogP contribution >= 0.6 is 24.0 Å². The lowest BCUT2D eigenvalue weighted by Gasteiger charge is -2.18. The molecule has 3 nitrogen and oxygen atoms in total. The molecule has 1 heterocycles. The van der Waals surface area contributed by atoms with Gasteiger partial charge >= 0.3 is 0 Å². The standard InChI is InChI=1S/C18H23NO2S2/c1-12(2)9-10-21-15-7-5-14(6-8-15)11-16-17(20)19(13(3)4)18(22)23-16/h5-8,11-13H,9-10H2,1-4H3/b16-11+. The third kappa shape index (κ3) is 4.82. The molecule has 0 radical (unpaired) electrons. The smallest absolute Gasteiger partial charge is 0.266 e. The van der Waals surface area contributed by atoms with E-state index in [1.165, 1.54) is 11.8 Å². The van der Waals surface area contributed by atoms with Gasteiger partial charge in [0.25, 0.3) is 5.91 Å². The van der Waals surface area contributed by atoms with E-state index >= 15 is 0 Å². The van der Waals surface area contributed by atoms with Crippen LogP contribution in [-0.2, 0) is 4.79 Å². The number of carbonyl (C=O) groups is 1. The zero-order chi connectivity index (χ0) is 17.0. The summed E-state index contributed by atoms with van der Waals surface area (Å²) in [4.78, 5) is 14.7. The number of ether oxygens (including phenoxy) is 1. The quantitative estimate of drug-likeness (QED) is 0.549. The molecule has 1 aromatic rings. The fourth-order valence-corrected chi connectivity index (χ4v) is 3.67. The Bertz CT molecular complexity index is 606. The van der Waals surface area contributed by atoms with E-state index in [-0.39, 0.29) is 11.9 Å². The number of nitrogens with zero attached hydrogens (tertiary/aromatic N) is 1. The van der Waals surface area contributed by atoms with Crippen molar-refractivity contribution in [3.05, 3.63) is 34.7 Å². The van der Waals surface area contributed by atoms with E-state index in [0.29, 0.717) is 15.1 Å². The van der Waals surface area contributed by atoms with Crippen LogP contribution in [0.1, 0.15) is 39.7 Å². The van der Waals surface area contributed by atoms with Crippen LogP contribution in [0, 0.1) is 5.92 Å². The number of thioether (sulfide) groups is 1. The van der Waals surface area contributed by atoms with E-state index < -0.39 is 0 Å². The maximum absolute atomic E-state index is 12.4. The Morgan fingerprint density at radius 3 is 2.39 bits per heavy atom. The summed E-state index contributed by atoms with van der Waals surface area (Å²) >= 11 is 6.65. The second kappa shape index (κ2) is 7.97. The second-order valence-electron chi connectivity index (χ2n) is 6.25. The third-order valence-electron chi connectivity index (χ3n) is 3.48. The Morgan fingerprint density at radius 2 is 1.87 bits per heavy atom. The molecule has 0 aromatic heterocycles. The number of amides is 1. The molecule has 124 valence electrons. The Morgan fingerprint density at radius 1 is 1.22 bits per heavy atom. The van der Waals surface area contributed by atoms with Crippen LogP contribution in [0.4, 0.5) is 0 Å². The summed E-state index contributed by atoms with van der Waals surface area (Å²) in [5, 5.41) is 0. The van der Waals surface area contributed by atoms with E-state index in [4.69, 9.17) is 17.0 Å². The Labute approximate surface area is 148 Å². The van der Waals surface area contributed by atoms with E-state index in [1.54, 1.807) is 4.90 Å². The van der Waals surface area contributed by atoms with Gasteiger partial charge in [0.1, 0.15) is 10.1 Å². The number of thiocarbonyl (C=S) groups is 1. The molecule has 0 spiro atoms. The van der Waals surface area contributed by atoms with Gasteiger partial charge in [-0.3, -0.25) is 9.69 Å². The predicted molar refractivity (Wildman–Crippen MR) is 102 cm³/mol. The van der Waals surface area contributed by atoms with Crippen molar-refractivity contribution in [2.75, 3.05) is 6.61 Å². The summed E-state index contributed by atoms with van der Waals surface area (Å²) in [5.74, 6) is 1.49. The Balaban J connectivity index is 2.03. The Hall–Kier alpha value is -1.33. The van der Waals surface area contributed by atoms with Gasteiger partial charge < -0.3 is 4.74 Å². The normalized spacial score (nSPS) is 17.0. The molecule has 0 saturated carbocycles. The number of hydrogen-bond acceptors (Lipinski definition) is 4. The number of hydrogen-bond donors (Lipinski definition) is 0. The topological polar surface area (TPSA) is 29.5 Å². The molecule has 0 atom stereocenters. The first-order chi connectivity index (χ1) is 10.9. The molecule has 23 heavy (non-hydrogen) atoms. The lowest BCUT2D eigenvalue weighted by Crippen LogP contribution is -2.34. The minimum Gasteiger partial charge on any atom is -0.494 e. The molecule has 0 unspecified atom stereocenters. The van der Waals surface area contributed by atoms with Crippen molar-refractivity contribution in [2.24, 2.45) is 5.92 Å². The molecule has 0 bridgehead atoms. The van der Waals surface area contributed by atoms with Gasteiger partial charge in [0.2, 0.25) is 0 Å². The van der Waals surface area contributed by atoms with Crippen LogP contribution in [0.2, 0.25) is 0 Å². The van der Waals surface area contributed by atoms with Crippen LogP contribution in [0.15, 0.2) is 29.2 Å². The van der Waals surface area contributed by atoms with Crippen molar-refractivity contribution in [1.82, 2.24) is 4.90 Å². The minimum absolute atomic E-state index is 0.00717. The molecule has 1 amide bonds. The highest BCUT2D eigenvalue weighted by Crippen LogP contribution is 2.33. The highest BCUT2D eigenvalue weighted by Gasteiger charge is 2.33. The average Bonchev–Trinajstić information content (AvgIpc) is 2.75. The molecule has 1 aliphatic rings. The summed E-state index contributed by atoms with van der Waals surface area (Å²) in [6.07, 6.45) is 2.93. The van der Waals surface area contributed by atoms with Crippen molar-refractivity contribution in [2.45, 2.75) is 40.2 Å². The fourth-order valence-electron chi connectivity index (χ4n) is 2.15. The SMILES string of the molecule is CC(C)CCOc1ccc(/C=C2/SC(=S)N(C(C)C)C2=O)cc1. The van der Waals surface area contributed by atoms with Gasteiger partial charge in [-0.2, -0.15) is 0 Å². The van der Waals surface area contributed by atoms with Crippen molar-refractivity contribution >= 4 is 40.3 Å². The summed E-state index contributed by atoms with van der Waals surface area (Å²) in [5.41, 5.74) is 0.977. The van der Waals surface area contributed by atoms with E-state index in [1.807, 2.05) is 44.2 Å². The minimum atomic E-state index is -0.00717. The van der Waals surface area contributed by atoms with Gasteiger partial charge in [-0.25, -0.2) is 0 Å². The first-order valence-electron chi connectivity index (χ1n) is 7.88. The summed E-state index contributed by atoms with van der Waals surface area (Å²) < 4.78 is 6.34. The van der Waals surface area contributed by atoms with Gasteiger partial charge in [0, 0.05) is 6.04 Å². The first kappa shape index (κ1) is 18.0. The van der Waals surface area contributed by atoms with Crippen LogP contribution in [0.5, 0.6) is 5.75 Å². The number of rotatable bonds is 6. The molecule has 2 rings (SSSR count). The zero-order valence-electron chi connectivity index (χ0n) is 14.0. The van der Waals surface area contributed by atoms with Gasteiger partial charge in [-0.05, 0) is 50.0 Å². The molecule has 1 saturated heterocycles. The lowest BCUT2D eigenvalue weighted by atomic mass is 10.1. The molecule has 0 aliphatic carbocycles. The zero-order valence-corrected chi connectivity index (χ0v) is 15.7. The maximum atomic E-state index is 12.4. The molecular formula is C18H23NO2S2. The van der Waals surface area contributed by atoms with Crippen LogP contribution in [0.25, 0.3) is 6.08 Å². The number of carbonyl (C=O) groups excluding carboxylic acids is 1. The molecule has 1 aliphatic heterocycles. The van der Waals surface area contributed by atoms with Gasteiger partial charge in [-0.1, -0.05) is 50.0 Å². The third-order valence-corrected chi connectivity index (χ3v) is 4.81. The van der Waals surface area contributed by atoms with Crippen molar-refractivity contribution in [1.29, 1.82) is 0 Å². The molecule has 1 aromatic carbocycles. The maximum Gasteiger partial charge on any atom is 0.266 e.